The molecular formula is C9H9ClF3N. The Balaban J connectivity index is 3.24. The maximum atomic E-state index is 13.2. The lowest BCUT2D eigenvalue weighted by Gasteiger charge is -2.24. The van der Waals surface area contributed by atoms with E-state index in [2.05, 4.69) is 0 Å². The highest BCUT2D eigenvalue weighted by atomic mass is 35.5. The molecule has 0 bridgehead atoms. The minimum atomic E-state index is -2.85. The summed E-state index contributed by atoms with van der Waals surface area (Å²) >= 11 is 5.56. The SMILES string of the molecule is CC(N)(c1cc(Cl)ccc1F)C(F)F. The summed E-state index contributed by atoms with van der Waals surface area (Å²) in [5.74, 6) is -0.778. The van der Waals surface area contributed by atoms with Gasteiger partial charge in [0.25, 0.3) is 6.43 Å². The third-order valence-electron chi connectivity index (χ3n) is 1.96. The highest BCUT2D eigenvalue weighted by Gasteiger charge is 2.34. The average molecular weight is 224 g/mol. The zero-order chi connectivity index (χ0) is 10.9. The van der Waals surface area contributed by atoms with Crippen LogP contribution in [0.4, 0.5) is 13.2 Å². The van der Waals surface area contributed by atoms with Crippen molar-refractivity contribution in [1.82, 2.24) is 0 Å². The first-order chi connectivity index (χ1) is 6.35. The number of rotatable bonds is 2. The Hall–Kier alpha value is -0.740. The van der Waals surface area contributed by atoms with E-state index in [4.69, 9.17) is 17.3 Å². The Morgan fingerprint density at radius 3 is 2.50 bits per heavy atom. The third-order valence-corrected chi connectivity index (χ3v) is 2.20. The van der Waals surface area contributed by atoms with E-state index in [0.717, 1.165) is 19.1 Å². The second-order valence-corrected chi connectivity index (χ2v) is 3.64. The van der Waals surface area contributed by atoms with Gasteiger partial charge in [-0.25, -0.2) is 13.2 Å². The van der Waals surface area contributed by atoms with Crippen molar-refractivity contribution in [2.24, 2.45) is 5.73 Å². The van der Waals surface area contributed by atoms with Crippen molar-refractivity contribution in [2.45, 2.75) is 18.9 Å². The van der Waals surface area contributed by atoms with Crippen LogP contribution in [0.15, 0.2) is 18.2 Å². The molecule has 1 nitrogen and oxygen atoms in total. The lowest BCUT2D eigenvalue weighted by molar-refractivity contribution is 0.0605. The molecule has 1 rings (SSSR count). The van der Waals surface area contributed by atoms with E-state index < -0.39 is 17.8 Å². The molecular weight excluding hydrogens is 215 g/mol. The van der Waals surface area contributed by atoms with Gasteiger partial charge in [0.1, 0.15) is 11.4 Å². The van der Waals surface area contributed by atoms with Crippen LogP contribution in [0, 0.1) is 5.82 Å². The van der Waals surface area contributed by atoms with Crippen LogP contribution in [0.5, 0.6) is 0 Å². The summed E-state index contributed by atoms with van der Waals surface area (Å²) in [4.78, 5) is 0. The lowest BCUT2D eigenvalue weighted by atomic mass is 9.93. The summed E-state index contributed by atoms with van der Waals surface area (Å²) in [7, 11) is 0. The molecule has 78 valence electrons. The Labute approximate surface area is 84.7 Å². The minimum absolute atomic E-state index is 0.179. The normalized spacial score (nSPS) is 15.6. The Morgan fingerprint density at radius 2 is 2.00 bits per heavy atom. The molecule has 0 heterocycles. The maximum Gasteiger partial charge on any atom is 0.260 e. The molecule has 5 heteroatoms. The first-order valence-electron chi connectivity index (χ1n) is 3.88. The van der Waals surface area contributed by atoms with Crippen LogP contribution in [0.3, 0.4) is 0 Å². The highest BCUT2D eigenvalue weighted by Crippen LogP contribution is 2.29. The van der Waals surface area contributed by atoms with Gasteiger partial charge >= 0.3 is 0 Å². The van der Waals surface area contributed by atoms with Crippen LogP contribution < -0.4 is 5.73 Å². The van der Waals surface area contributed by atoms with E-state index in [1.165, 1.54) is 6.07 Å². The molecule has 0 amide bonds. The average Bonchev–Trinajstić information content (AvgIpc) is 2.08. The van der Waals surface area contributed by atoms with Crippen LogP contribution in [-0.4, -0.2) is 6.43 Å². The minimum Gasteiger partial charge on any atom is -0.317 e. The first kappa shape index (κ1) is 11.3. The van der Waals surface area contributed by atoms with E-state index in [1.807, 2.05) is 0 Å². The second-order valence-electron chi connectivity index (χ2n) is 3.21. The fourth-order valence-electron chi connectivity index (χ4n) is 1.03. The number of hydrogen-bond acceptors (Lipinski definition) is 1. The van der Waals surface area contributed by atoms with Gasteiger partial charge in [0.05, 0.1) is 0 Å². The fourth-order valence-corrected chi connectivity index (χ4v) is 1.20. The van der Waals surface area contributed by atoms with Crippen molar-refractivity contribution in [1.29, 1.82) is 0 Å². The lowest BCUT2D eigenvalue weighted by Crippen LogP contribution is -2.41. The molecule has 0 aliphatic heterocycles. The van der Waals surface area contributed by atoms with Crippen molar-refractivity contribution in [2.75, 3.05) is 0 Å². The van der Waals surface area contributed by atoms with Crippen LogP contribution in [0.2, 0.25) is 5.02 Å². The molecule has 0 saturated carbocycles. The van der Waals surface area contributed by atoms with Crippen LogP contribution in [0.25, 0.3) is 0 Å². The van der Waals surface area contributed by atoms with E-state index in [1.54, 1.807) is 0 Å². The number of alkyl halides is 2. The van der Waals surface area contributed by atoms with E-state index in [-0.39, 0.29) is 10.6 Å². The highest BCUT2D eigenvalue weighted by molar-refractivity contribution is 6.30. The molecule has 0 fully saturated rings. The predicted octanol–water partition coefficient (Wildman–Crippen LogP) is 2.92. The molecule has 0 aliphatic rings. The van der Waals surface area contributed by atoms with Gasteiger partial charge in [-0.2, -0.15) is 0 Å². The van der Waals surface area contributed by atoms with Crippen LogP contribution in [-0.2, 0) is 5.54 Å². The molecule has 1 atom stereocenters. The van der Waals surface area contributed by atoms with Gasteiger partial charge in [-0.15, -0.1) is 0 Å². The monoisotopic (exact) mass is 223 g/mol. The summed E-state index contributed by atoms with van der Waals surface area (Å²) in [6.07, 6.45) is -2.85. The molecule has 0 aromatic heterocycles. The van der Waals surface area contributed by atoms with E-state index in [0.29, 0.717) is 0 Å². The molecule has 2 N–H and O–H groups in total. The molecule has 1 aromatic rings. The van der Waals surface area contributed by atoms with Crippen molar-refractivity contribution in [3.8, 4) is 0 Å². The van der Waals surface area contributed by atoms with Gasteiger partial charge in [-0.05, 0) is 25.1 Å². The van der Waals surface area contributed by atoms with Crippen molar-refractivity contribution in [3.63, 3.8) is 0 Å². The summed E-state index contributed by atoms with van der Waals surface area (Å²) in [6, 6.07) is 3.41. The van der Waals surface area contributed by atoms with E-state index >= 15 is 0 Å². The van der Waals surface area contributed by atoms with Gasteiger partial charge in [0.2, 0.25) is 0 Å². The third kappa shape index (κ3) is 2.01. The van der Waals surface area contributed by atoms with E-state index in [9.17, 15) is 13.2 Å². The summed E-state index contributed by atoms with van der Waals surface area (Å²) in [5.41, 5.74) is 3.01. The number of nitrogens with two attached hydrogens (primary N) is 1. The van der Waals surface area contributed by atoms with Crippen molar-refractivity contribution in [3.05, 3.63) is 34.6 Å². The number of halogens is 4. The largest absolute Gasteiger partial charge is 0.317 e. The van der Waals surface area contributed by atoms with Gasteiger partial charge in [0.15, 0.2) is 0 Å². The zero-order valence-electron chi connectivity index (χ0n) is 7.40. The zero-order valence-corrected chi connectivity index (χ0v) is 8.15. The summed E-state index contributed by atoms with van der Waals surface area (Å²) in [6.45, 7) is 1.06. The van der Waals surface area contributed by atoms with Gasteiger partial charge in [0, 0.05) is 10.6 Å². The molecule has 1 aromatic carbocycles. The van der Waals surface area contributed by atoms with Gasteiger partial charge in [-0.1, -0.05) is 11.6 Å². The Morgan fingerprint density at radius 1 is 1.43 bits per heavy atom. The van der Waals surface area contributed by atoms with Crippen LogP contribution in [0.1, 0.15) is 12.5 Å². The van der Waals surface area contributed by atoms with Crippen molar-refractivity contribution >= 4 is 11.6 Å². The molecule has 0 spiro atoms. The predicted molar refractivity (Wildman–Crippen MR) is 49.0 cm³/mol. The molecule has 0 saturated heterocycles. The molecule has 1 unspecified atom stereocenters. The summed E-state index contributed by atoms with van der Waals surface area (Å²) < 4.78 is 38.1. The quantitative estimate of drug-likeness (QED) is 0.820. The topological polar surface area (TPSA) is 26.0 Å². The number of benzene rings is 1. The van der Waals surface area contributed by atoms with Crippen LogP contribution >= 0.6 is 11.6 Å². The maximum absolute atomic E-state index is 13.2. The fraction of sp³-hybridized carbons (Fsp3) is 0.333. The van der Waals surface area contributed by atoms with Gasteiger partial charge in [-0.3, -0.25) is 0 Å². The van der Waals surface area contributed by atoms with Crippen molar-refractivity contribution < 1.29 is 13.2 Å². The Kier molecular flexibility index (Phi) is 3.07. The standard InChI is InChI=1S/C9H9ClF3N/c1-9(14,8(12)13)6-4-5(10)2-3-7(6)11/h2-4,8H,14H2,1H3. The second kappa shape index (κ2) is 3.79. The number of hydrogen-bond donors (Lipinski definition) is 1. The first-order valence-corrected chi connectivity index (χ1v) is 4.26. The van der Waals surface area contributed by atoms with Gasteiger partial charge < -0.3 is 5.73 Å². The molecule has 0 aliphatic carbocycles. The molecule has 14 heavy (non-hydrogen) atoms. The molecule has 0 radical (unpaired) electrons. The smallest absolute Gasteiger partial charge is 0.260 e. The summed E-state index contributed by atoms with van der Waals surface area (Å²) in [5, 5.41) is 0.179. The Bertz CT molecular complexity index is 339.